The number of carbonyl (C=O) groups excluding carboxylic acids is 1. The average molecular weight is 396 g/mol. The summed E-state index contributed by atoms with van der Waals surface area (Å²) in [6.45, 7) is 10.1. The molecular formula is C23H29N3O3. The van der Waals surface area contributed by atoms with E-state index in [-0.39, 0.29) is 17.2 Å². The molecule has 0 aliphatic carbocycles. The number of rotatable bonds is 5. The molecule has 0 aromatic heterocycles. The molecule has 2 aromatic carbocycles. The Balaban J connectivity index is 1.82. The highest BCUT2D eigenvalue weighted by molar-refractivity contribution is 6.05. The summed E-state index contributed by atoms with van der Waals surface area (Å²) < 4.78 is 0. The van der Waals surface area contributed by atoms with E-state index in [1.165, 1.54) is 11.6 Å². The fourth-order valence-corrected chi connectivity index (χ4v) is 4.09. The van der Waals surface area contributed by atoms with Crippen LogP contribution in [0.5, 0.6) is 0 Å². The van der Waals surface area contributed by atoms with Gasteiger partial charge < -0.3 is 10.2 Å². The maximum Gasteiger partial charge on any atom is 0.293 e. The molecule has 3 rings (SSSR count). The lowest BCUT2D eigenvalue weighted by Gasteiger charge is -2.36. The summed E-state index contributed by atoms with van der Waals surface area (Å²) in [5.74, 6) is 1.03. The second-order valence-corrected chi connectivity index (χ2v) is 8.54. The predicted octanol–water partition coefficient (Wildman–Crippen LogP) is 5.45. The summed E-state index contributed by atoms with van der Waals surface area (Å²) in [5.41, 5.74) is 2.71. The molecule has 1 fully saturated rings. The van der Waals surface area contributed by atoms with Gasteiger partial charge in [-0.3, -0.25) is 14.9 Å². The van der Waals surface area contributed by atoms with Crippen molar-refractivity contribution in [2.45, 2.75) is 40.0 Å². The van der Waals surface area contributed by atoms with Crippen LogP contribution in [0.2, 0.25) is 0 Å². The van der Waals surface area contributed by atoms with E-state index in [1.54, 1.807) is 12.1 Å². The zero-order chi connectivity index (χ0) is 21.1. The largest absolute Gasteiger partial charge is 0.365 e. The molecule has 2 aromatic rings. The van der Waals surface area contributed by atoms with Gasteiger partial charge in [-0.15, -0.1) is 0 Å². The highest BCUT2D eigenvalue weighted by Crippen LogP contribution is 2.34. The molecule has 0 bridgehead atoms. The molecule has 1 N–H and O–H groups in total. The summed E-state index contributed by atoms with van der Waals surface area (Å²) in [6, 6.07) is 12.4. The van der Waals surface area contributed by atoms with Crippen LogP contribution in [-0.4, -0.2) is 23.9 Å². The van der Waals surface area contributed by atoms with Crippen LogP contribution in [0.15, 0.2) is 42.5 Å². The minimum Gasteiger partial charge on any atom is -0.365 e. The molecule has 1 heterocycles. The zero-order valence-electron chi connectivity index (χ0n) is 17.5. The Kier molecular flexibility index (Phi) is 6.20. The third-order valence-electron chi connectivity index (χ3n) is 5.48. The number of amides is 1. The van der Waals surface area contributed by atoms with Crippen molar-refractivity contribution >= 4 is 23.0 Å². The van der Waals surface area contributed by atoms with Crippen LogP contribution in [0.3, 0.4) is 0 Å². The number of nitro benzene ring substituents is 1. The Morgan fingerprint density at radius 1 is 1.10 bits per heavy atom. The van der Waals surface area contributed by atoms with Gasteiger partial charge in [-0.25, -0.2) is 0 Å². The molecular weight excluding hydrogens is 366 g/mol. The SMILES string of the molecule is CC(C)c1ccc(NC(=O)c2ccc(N3C[C@H](C)C[C@@H](C)C3)c([N+](=O)[O-])c2)cc1. The van der Waals surface area contributed by atoms with Gasteiger partial charge in [0.15, 0.2) is 0 Å². The molecule has 1 aliphatic rings. The molecule has 6 heteroatoms. The van der Waals surface area contributed by atoms with Crippen molar-refractivity contribution in [3.05, 3.63) is 63.7 Å². The number of nitrogens with zero attached hydrogens (tertiary/aromatic N) is 2. The Labute approximate surface area is 172 Å². The van der Waals surface area contributed by atoms with Gasteiger partial charge in [-0.2, -0.15) is 0 Å². The summed E-state index contributed by atoms with van der Waals surface area (Å²) in [4.78, 5) is 26.0. The lowest BCUT2D eigenvalue weighted by molar-refractivity contribution is -0.384. The molecule has 1 amide bonds. The Morgan fingerprint density at radius 2 is 1.72 bits per heavy atom. The van der Waals surface area contributed by atoms with E-state index in [1.807, 2.05) is 24.3 Å². The van der Waals surface area contributed by atoms with Crippen LogP contribution in [0.25, 0.3) is 0 Å². The van der Waals surface area contributed by atoms with E-state index < -0.39 is 4.92 Å². The van der Waals surface area contributed by atoms with Gasteiger partial charge >= 0.3 is 0 Å². The summed E-state index contributed by atoms with van der Waals surface area (Å²) in [7, 11) is 0. The van der Waals surface area contributed by atoms with E-state index in [9.17, 15) is 14.9 Å². The predicted molar refractivity (Wildman–Crippen MR) is 117 cm³/mol. The van der Waals surface area contributed by atoms with E-state index in [4.69, 9.17) is 0 Å². The molecule has 1 saturated heterocycles. The quantitative estimate of drug-likeness (QED) is 0.539. The number of hydrogen-bond donors (Lipinski definition) is 1. The van der Waals surface area contributed by atoms with Crippen LogP contribution in [0.1, 0.15) is 56.0 Å². The summed E-state index contributed by atoms with van der Waals surface area (Å²) in [5, 5.41) is 14.5. The summed E-state index contributed by atoms with van der Waals surface area (Å²) in [6.07, 6.45) is 1.13. The first-order chi connectivity index (χ1) is 13.7. The molecule has 6 nitrogen and oxygen atoms in total. The van der Waals surface area contributed by atoms with Crippen LogP contribution < -0.4 is 10.2 Å². The van der Waals surface area contributed by atoms with Crippen molar-refractivity contribution in [3.63, 3.8) is 0 Å². The van der Waals surface area contributed by atoms with Crippen LogP contribution in [0, 0.1) is 22.0 Å². The Morgan fingerprint density at radius 3 is 2.28 bits per heavy atom. The van der Waals surface area contributed by atoms with Crippen LogP contribution >= 0.6 is 0 Å². The third-order valence-corrected chi connectivity index (χ3v) is 5.48. The summed E-state index contributed by atoms with van der Waals surface area (Å²) >= 11 is 0. The monoisotopic (exact) mass is 395 g/mol. The van der Waals surface area contributed by atoms with Crippen molar-refractivity contribution in [2.24, 2.45) is 11.8 Å². The molecule has 0 unspecified atom stereocenters. The fraction of sp³-hybridized carbons (Fsp3) is 0.435. The van der Waals surface area contributed by atoms with Gasteiger partial charge in [0.2, 0.25) is 0 Å². The van der Waals surface area contributed by atoms with Gasteiger partial charge in [0.25, 0.3) is 11.6 Å². The van der Waals surface area contributed by atoms with Crippen molar-refractivity contribution in [1.29, 1.82) is 0 Å². The van der Waals surface area contributed by atoms with Gasteiger partial charge in [0, 0.05) is 30.4 Å². The van der Waals surface area contributed by atoms with Crippen molar-refractivity contribution < 1.29 is 9.72 Å². The number of benzene rings is 2. The average Bonchev–Trinajstić information content (AvgIpc) is 2.67. The number of nitrogens with one attached hydrogen (secondary N) is 1. The van der Waals surface area contributed by atoms with Crippen LogP contribution in [-0.2, 0) is 0 Å². The normalized spacial score (nSPS) is 19.3. The van der Waals surface area contributed by atoms with Crippen LogP contribution in [0.4, 0.5) is 17.1 Å². The maximum absolute atomic E-state index is 12.7. The molecule has 1 aliphatic heterocycles. The second kappa shape index (κ2) is 8.64. The van der Waals surface area contributed by atoms with E-state index in [0.29, 0.717) is 29.1 Å². The molecule has 0 radical (unpaired) electrons. The highest BCUT2D eigenvalue weighted by Gasteiger charge is 2.27. The Bertz CT molecular complexity index is 883. The molecule has 154 valence electrons. The molecule has 0 spiro atoms. The zero-order valence-corrected chi connectivity index (χ0v) is 17.5. The smallest absolute Gasteiger partial charge is 0.293 e. The third kappa shape index (κ3) is 4.94. The van der Waals surface area contributed by atoms with E-state index in [0.717, 1.165) is 19.5 Å². The number of anilines is 2. The van der Waals surface area contributed by atoms with Crippen molar-refractivity contribution in [1.82, 2.24) is 0 Å². The van der Waals surface area contributed by atoms with E-state index in [2.05, 4.69) is 37.9 Å². The lowest BCUT2D eigenvalue weighted by Crippen LogP contribution is -2.39. The standard InChI is InChI=1S/C23H29N3O3/c1-15(2)18-5-8-20(9-6-18)24-23(27)19-7-10-21(22(12-19)26(28)29)25-13-16(3)11-17(4)14-25/h5-10,12,15-17H,11,13-14H2,1-4H3,(H,24,27)/t16-,17-/m1/s1. The lowest BCUT2D eigenvalue weighted by atomic mass is 9.91. The maximum atomic E-state index is 12.7. The van der Waals surface area contributed by atoms with Gasteiger partial charge in [-0.1, -0.05) is 39.8 Å². The van der Waals surface area contributed by atoms with Crippen molar-refractivity contribution in [2.75, 3.05) is 23.3 Å². The molecule has 2 atom stereocenters. The van der Waals surface area contributed by atoms with E-state index >= 15 is 0 Å². The minimum atomic E-state index is -0.395. The topological polar surface area (TPSA) is 75.5 Å². The minimum absolute atomic E-state index is 0.0193. The van der Waals surface area contributed by atoms with Gasteiger partial charge in [0.05, 0.1) is 4.92 Å². The van der Waals surface area contributed by atoms with Crippen molar-refractivity contribution in [3.8, 4) is 0 Å². The number of nitro groups is 1. The number of hydrogen-bond acceptors (Lipinski definition) is 4. The Hall–Kier alpha value is -2.89. The molecule has 29 heavy (non-hydrogen) atoms. The second-order valence-electron chi connectivity index (χ2n) is 8.54. The first-order valence-corrected chi connectivity index (χ1v) is 10.2. The fourth-order valence-electron chi connectivity index (χ4n) is 4.09. The first-order valence-electron chi connectivity index (χ1n) is 10.2. The first kappa shape index (κ1) is 20.8. The number of carbonyl (C=O) groups is 1. The highest BCUT2D eigenvalue weighted by atomic mass is 16.6. The van der Waals surface area contributed by atoms with Gasteiger partial charge in [-0.05, 0) is 54.0 Å². The molecule has 0 saturated carbocycles. The number of piperidine rings is 1. The van der Waals surface area contributed by atoms with Gasteiger partial charge in [0.1, 0.15) is 5.69 Å².